The molecule has 4 aliphatic rings. The van der Waals surface area contributed by atoms with E-state index in [2.05, 4.69) is 26.5 Å². The van der Waals surface area contributed by atoms with Crippen molar-refractivity contribution in [2.24, 2.45) is 11.8 Å². The molecule has 0 radical (unpaired) electrons. The van der Waals surface area contributed by atoms with E-state index in [9.17, 15) is 24.6 Å². The molecule has 3 saturated heterocycles. The number of carboxylic acids is 1. The summed E-state index contributed by atoms with van der Waals surface area (Å²) >= 11 is 1.48. The molecule has 178 valence electrons. The Morgan fingerprint density at radius 3 is 2.53 bits per heavy atom. The first-order chi connectivity index (χ1) is 14.9. The molecule has 0 aliphatic carbocycles. The van der Waals surface area contributed by atoms with Crippen LogP contribution in [0.1, 0.15) is 26.7 Å². The lowest BCUT2D eigenvalue weighted by Crippen LogP contribution is -2.63. The Morgan fingerprint density at radius 2 is 1.97 bits per heavy atom. The fraction of sp³-hybridized carbons (Fsp3) is 0.773. The van der Waals surface area contributed by atoms with Crippen LogP contribution >= 0.6 is 11.8 Å². The number of likely N-dealkylation sites (N-methyl/N-ethyl adjacent to an activating group) is 1. The Labute approximate surface area is 193 Å². The van der Waals surface area contributed by atoms with Crippen molar-refractivity contribution in [1.82, 2.24) is 15.1 Å². The molecule has 7 atom stereocenters. The SMILES string of the molecule is CC(O)C1C(=O)N2C(C(=O)O)=C(SC3CNC(C(=O)N4CCC([N+](C)(C)C)C4)C3)C(C)[C@H]12. The standard InChI is InChI=1S/C22H34N4O5S/c1-11-17-16(12(2)27)21(29)25(17)18(22(30)31)19(11)32-14-8-15(23-9-14)20(28)24-7-6-13(10-24)26(3,4)5/h11-17,23,27H,6-10H2,1-5H3/p+1/t11?,12?,13?,14?,15?,16?,17-/m1/s1. The first-order valence-corrected chi connectivity index (χ1v) is 12.3. The smallest absolute Gasteiger partial charge is 0.353 e. The van der Waals surface area contributed by atoms with Gasteiger partial charge in [-0.2, -0.15) is 0 Å². The molecule has 3 fully saturated rings. The number of nitrogens with zero attached hydrogens (tertiary/aromatic N) is 3. The number of carbonyl (C=O) groups is 3. The first kappa shape index (κ1) is 23.5. The Bertz CT molecular complexity index is 854. The van der Waals surface area contributed by atoms with E-state index in [1.165, 1.54) is 16.7 Å². The zero-order chi connectivity index (χ0) is 23.5. The van der Waals surface area contributed by atoms with Crippen LogP contribution in [-0.4, -0.2) is 113 Å². The monoisotopic (exact) mass is 467 g/mol. The lowest BCUT2D eigenvalue weighted by molar-refractivity contribution is -0.893. The van der Waals surface area contributed by atoms with Crippen molar-refractivity contribution in [1.29, 1.82) is 0 Å². The van der Waals surface area contributed by atoms with E-state index in [0.29, 0.717) is 23.9 Å². The van der Waals surface area contributed by atoms with E-state index >= 15 is 0 Å². The van der Waals surface area contributed by atoms with Crippen LogP contribution in [0.25, 0.3) is 0 Å². The van der Waals surface area contributed by atoms with Gasteiger partial charge in [0.05, 0.1) is 51.8 Å². The number of nitrogens with one attached hydrogen (secondary N) is 1. The second kappa shape index (κ2) is 8.30. The highest BCUT2D eigenvalue weighted by Crippen LogP contribution is 2.51. The van der Waals surface area contributed by atoms with Gasteiger partial charge in [0.15, 0.2) is 0 Å². The van der Waals surface area contributed by atoms with Crippen molar-refractivity contribution >= 4 is 29.5 Å². The number of hydrogen-bond donors (Lipinski definition) is 3. The summed E-state index contributed by atoms with van der Waals surface area (Å²) in [4.78, 5) is 41.6. The van der Waals surface area contributed by atoms with Gasteiger partial charge in [0.1, 0.15) is 11.7 Å². The second-order valence-corrected chi connectivity index (χ2v) is 11.9. The van der Waals surface area contributed by atoms with Crippen LogP contribution in [0, 0.1) is 11.8 Å². The Kier molecular flexibility index (Phi) is 6.11. The van der Waals surface area contributed by atoms with Crippen molar-refractivity contribution in [2.75, 3.05) is 40.8 Å². The van der Waals surface area contributed by atoms with Gasteiger partial charge in [-0.05, 0) is 13.3 Å². The Balaban J connectivity index is 1.42. The number of hydrogen-bond acceptors (Lipinski definition) is 6. The minimum atomic E-state index is -1.11. The number of amides is 2. The number of aliphatic hydroxyl groups is 1. The zero-order valence-corrected chi connectivity index (χ0v) is 20.3. The molecule has 0 saturated carbocycles. The van der Waals surface area contributed by atoms with E-state index in [1.54, 1.807) is 6.92 Å². The summed E-state index contributed by atoms with van der Waals surface area (Å²) in [6.45, 7) is 5.67. The summed E-state index contributed by atoms with van der Waals surface area (Å²) in [6.07, 6.45) is 0.829. The van der Waals surface area contributed by atoms with E-state index in [-0.39, 0.29) is 40.8 Å². The molecule has 4 rings (SSSR count). The maximum Gasteiger partial charge on any atom is 0.353 e. The predicted molar refractivity (Wildman–Crippen MR) is 120 cm³/mol. The average Bonchev–Trinajstić information content (AvgIpc) is 3.40. The topological polar surface area (TPSA) is 110 Å². The van der Waals surface area contributed by atoms with Gasteiger partial charge < -0.3 is 29.8 Å². The third-order valence-electron chi connectivity index (χ3n) is 7.56. The van der Waals surface area contributed by atoms with Crippen LogP contribution in [-0.2, 0) is 14.4 Å². The van der Waals surface area contributed by atoms with Crippen LogP contribution in [0.2, 0.25) is 0 Å². The minimum absolute atomic E-state index is 0.0505. The number of fused-ring (bicyclic) bond motifs is 1. The lowest BCUT2D eigenvalue weighted by atomic mass is 9.79. The number of thioether (sulfide) groups is 1. The molecule has 2 amide bonds. The van der Waals surface area contributed by atoms with Crippen molar-refractivity contribution in [3.8, 4) is 0 Å². The number of carboxylic acid groups (broad SMARTS) is 1. The van der Waals surface area contributed by atoms with E-state index in [4.69, 9.17) is 0 Å². The largest absolute Gasteiger partial charge is 0.477 e. The quantitative estimate of drug-likeness (QED) is 0.370. The summed E-state index contributed by atoms with van der Waals surface area (Å²) in [5.74, 6) is -2.01. The van der Waals surface area contributed by atoms with Crippen molar-refractivity contribution < 1.29 is 29.1 Å². The van der Waals surface area contributed by atoms with Crippen LogP contribution in [0.5, 0.6) is 0 Å². The Morgan fingerprint density at radius 1 is 1.28 bits per heavy atom. The normalized spacial score (nSPS) is 35.9. The summed E-state index contributed by atoms with van der Waals surface area (Å²) < 4.78 is 0.841. The molecule has 0 aromatic rings. The number of quaternary nitrogens is 1. The van der Waals surface area contributed by atoms with Gasteiger partial charge in [-0.1, -0.05) is 6.92 Å². The van der Waals surface area contributed by atoms with Gasteiger partial charge in [-0.3, -0.25) is 9.59 Å². The van der Waals surface area contributed by atoms with Crippen molar-refractivity contribution in [3.63, 3.8) is 0 Å². The maximum absolute atomic E-state index is 13.1. The molecule has 0 bridgehead atoms. The molecular weight excluding hydrogens is 432 g/mol. The average molecular weight is 468 g/mol. The molecule has 3 N–H and O–H groups in total. The van der Waals surface area contributed by atoms with Crippen LogP contribution < -0.4 is 5.32 Å². The first-order valence-electron chi connectivity index (χ1n) is 11.4. The number of aliphatic hydroxyl groups excluding tert-OH is 1. The van der Waals surface area contributed by atoms with Crippen molar-refractivity contribution in [3.05, 3.63) is 10.6 Å². The van der Waals surface area contributed by atoms with Gasteiger partial charge in [0.25, 0.3) is 0 Å². The highest BCUT2D eigenvalue weighted by molar-refractivity contribution is 8.03. The molecule has 4 aliphatic heterocycles. The summed E-state index contributed by atoms with van der Waals surface area (Å²) in [5.41, 5.74) is 0.0505. The highest BCUT2D eigenvalue weighted by Gasteiger charge is 2.60. The van der Waals surface area contributed by atoms with Gasteiger partial charge >= 0.3 is 5.97 Å². The number of likely N-dealkylation sites (tertiary alicyclic amines) is 1. The minimum Gasteiger partial charge on any atom is -0.477 e. The van der Waals surface area contributed by atoms with Crippen molar-refractivity contribution in [2.45, 2.75) is 56.2 Å². The van der Waals surface area contributed by atoms with Crippen LogP contribution in [0.15, 0.2) is 10.6 Å². The second-order valence-electron chi connectivity index (χ2n) is 10.6. The molecule has 9 nitrogen and oxygen atoms in total. The van der Waals surface area contributed by atoms with E-state index < -0.39 is 18.0 Å². The summed E-state index contributed by atoms with van der Waals surface area (Å²) in [6, 6.07) is -0.120. The molecule has 0 spiro atoms. The molecule has 0 aromatic heterocycles. The fourth-order valence-corrected chi connectivity index (χ4v) is 7.11. The molecule has 32 heavy (non-hydrogen) atoms. The Hall–Kier alpha value is -1.62. The number of carbonyl (C=O) groups excluding carboxylic acids is 2. The third kappa shape index (κ3) is 3.85. The number of aliphatic carboxylic acids is 1. The predicted octanol–water partition coefficient (Wildman–Crippen LogP) is -0.0891. The van der Waals surface area contributed by atoms with Gasteiger partial charge in [-0.25, -0.2) is 4.79 Å². The number of rotatable bonds is 6. The zero-order valence-electron chi connectivity index (χ0n) is 19.4. The highest BCUT2D eigenvalue weighted by atomic mass is 32.2. The molecular formula is C22H35N4O5S+. The van der Waals surface area contributed by atoms with Crippen LogP contribution in [0.3, 0.4) is 0 Å². The van der Waals surface area contributed by atoms with Crippen LogP contribution in [0.4, 0.5) is 0 Å². The third-order valence-corrected chi connectivity index (χ3v) is 9.08. The molecule has 6 unspecified atom stereocenters. The van der Waals surface area contributed by atoms with Gasteiger partial charge in [0, 0.05) is 35.6 Å². The number of β-lactam (4-membered cyclic amide) rings is 1. The molecule has 4 heterocycles. The molecule has 0 aromatic carbocycles. The van der Waals surface area contributed by atoms with E-state index in [0.717, 1.165) is 24.0 Å². The lowest BCUT2D eigenvalue weighted by Gasteiger charge is -2.46. The van der Waals surface area contributed by atoms with Gasteiger partial charge in [-0.15, -0.1) is 11.8 Å². The van der Waals surface area contributed by atoms with Gasteiger partial charge in [0.2, 0.25) is 11.8 Å². The fourth-order valence-electron chi connectivity index (χ4n) is 5.63. The summed E-state index contributed by atoms with van der Waals surface area (Å²) in [7, 11) is 6.48. The van der Waals surface area contributed by atoms with E-state index in [1.807, 2.05) is 11.8 Å². The maximum atomic E-state index is 13.1. The molecule has 10 heteroatoms. The summed E-state index contributed by atoms with van der Waals surface area (Å²) in [5, 5.41) is 23.2.